The Morgan fingerprint density at radius 3 is 2.56 bits per heavy atom. The summed E-state index contributed by atoms with van der Waals surface area (Å²) in [6, 6.07) is 0. The first-order chi connectivity index (χ1) is 3.81. The van der Waals surface area contributed by atoms with Crippen molar-refractivity contribution in [2.24, 2.45) is 5.92 Å². The molecule has 0 rings (SSSR count). The number of unbranched alkanes of at least 4 members (excludes halogenated alkanes) is 1. The molecule has 0 aliphatic heterocycles. The van der Waals surface area contributed by atoms with Gasteiger partial charge in [-0.05, 0) is 6.42 Å². The van der Waals surface area contributed by atoms with Gasteiger partial charge >= 0.3 is 23.1 Å². The first kappa shape index (κ1) is 12.1. The van der Waals surface area contributed by atoms with Gasteiger partial charge in [-0.25, -0.2) is 0 Å². The van der Waals surface area contributed by atoms with Gasteiger partial charge in [-0.1, -0.05) is 26.7 Å². The van der Waals surface area contributed by atoms with Crippen LogP contribution in [0.15, 0.2) is 0 Å². The first-order valence-electron chi connectivity index (χ1n) is 3.26. The minimum absolute atomic E-state index is 0. The van der Waals surface area contributed by atoms with Crippen molar-refractivity contribution in [2.75, 3.05) is 0 Å². The van der Waals surface area contributed by atoms with E-state index >= 15 is 0 Å². The Labute approximate surface area is 76.3 Å². The minimum Gasteiger partial charge on any atom is -1.00 e. The van der Waals surface area contributed by atoms with Crippen LogP contribution in [0.1, 0.15) is 36.0 Å². The molecule has 2 heteroatoms. The Morgan fingerprint density at radius 2 is 2.22 bits per heavy atom. The van der Waals surface area contributed by atoms with E-state index in [2.05, 4.69) is 6.92 Å². The van der Waals surface area contributed by atoms with Gasteiger partial charge in [0.05, 0.1) is 0 Å². The molecule has 0 amide bonds. The molecule has 0 heterocycles. The summed E-state index contributed by atoms with van der Waals surface area (Å²) in [5.74, 6) is 0.273. The van der Waals surface area contributed by atoms with Gasteiger partial charge in [0.15, 0.2) is 0 Å². The van der Waals surface area contributed by atoms with E-state index in [4.69, 9.17) is 0 Å². The minimum atomic E-state index is 0. The van der Waals surface area contributed by atoms with Gasteiger partial charge in [0, 0.05) is 5.92 Å². The monoisotopic (exact) mass is 140 g/mol. The van der Waals surface area contributed by atoms with E-state index in [-0.39, 0.29) is 31.8 Å². The van der Waals surface area contributed by atoms with Crippen LogP contribution in [0.2, 0.25) is 0 Å². The van der Waals surface area contributed by atoms with Gasteiger partial charge < -0.3 is 7.65 Å². The molecule has 0 bridgehead atoms. The number of aldehydes is 1. The van der Waals surface area contributed by atoms with Crippen LogP contribution in [0.3, 0.4) is 0 Å². The Morgan fingerprint density at radius 1 is 1.67 bits per heavy atom. The molecule has 1 unspecified atom stereocenters. The van der Waals surface area contributed by atoms with Gasteiger partial charge in [-0.3, -0.25) is 0 Å². The average molecular weight is 141 g/mol. The van der Waals surface area contributed by atoms with E-state index in [1.54, 1.807) is 0 Å². The summed E-state index contributed by atoms with van der Waals surface area (Å²) in [7, 11) is 0. The third kappa shape index (κ3) is 8.44. The van der Waals surface area contributed by atoms with Crippen molar-refractivity contribution in [3.8, 4) is 0 Å². The maximum Gasteiger partial charge on any atom is 2.00 e. The third-order valence-electron chi connectivity index (χ3n) is 1.25. The molecule has 0 aliphatic rings. The van der Waals surface area contributed by atoms with Crippen LogP contribution in [0, 0.1) is 5.92 Å². The van der Waals surface area contributed by atoms with Crippen molar-refractivity contribution in [3.63, 3.8) is 0 Å². The normalized spacial score (nSPS) is 11.8. The zero-order chi connectivity index (χ0) is 6.41. The smallest absolute Gasteiger partial charge is 1.00 e. The van der Waals surface area contributed by atoms with Crippen molar-refractivity contribution in [3.05, 3.63) is 0 Å². The van der Waals surface area contributed by atoms with Crippen molar-refractivity contribution in [2.45, 2.75) is 33.1 Å². The van der Waals surface area contributed by atoms with Crippen LogP contribution >= 0.6 is 0 Å². The molecule has 0 radical (unpaired) electrons. The average Bonchev–Trinajstić information content (AvgIpc) is 1.83. The van der Waals surface area contributed by atoms with Crippen LogP contribution in [0.25, 0.3) is 0 Å². The van der Waals surface area contributed by atoms with Gasteiger partial charge in [-0.15, -0.1) is 0 Å². The van der Waals surface area contributed by atoms with E-state index in [0.29, 0.717) is 0 Å². The molecule has 0 N–H and O–H groups in total. The van der Waals surface area contributed by atoms with E-state index in [9.17, 15) is 4.79 Å². The van der Waals surface area contributed by atoms with E-state index < -0.39 is 0 Å². The molecule has 0 fully saturated rings. The van der Waals surface area contributed by atoms with Gasteiger partial charge in [0.25, 0.3) is 0 Å². The zero-order valence-corrected chi connectivity index (χ0v) is 7.81. The van der Waals surface area contributed by atoms with Crippen LogP contribution in [0.4, 0.5) is 0 Å². The predicted octanol–water partition coefficient (Wildman–Crippen LogP) is 1.86. The van der Waals surface area contributed by atoms with Crippen molar-refractivity contribution in [1.82, 2.24) is 0 Å². The van der Waals surface area contributed by atoms with Crippen LogP contribution in [-0.4, -0.2) is 29.3 Å². The maximum absolute atomic E-state index is 10.0. The topological polar surface area (TPSA) is 17.1 Å². The Balaban J connectivity index is -0.0000000817. The van der Waals surface area contributed by atoms with Crippen molar-refractivity contribution >= 4 is 29.3 Å². The van der Waals surface area contributed by atoms with Crippen LogP contribution < -0.4 is 0 Å². The van der Waals surface area contributed by atoms with Gasteiger partial charge in [-0.2, -0.15) is 0 Å². The zero-order valence-electron chi connectivity index (χ0n) is 8.39. The number of rotatable bonds is 4. The summed E-state index contributed by atoms with van der Waals surface area (Å²) in [5, 5.41) is 0. The largest absolute Gasteiger partial charge is 2.00 e. The number of carbonyl (C=O) groups is 1. The molecule has 0 aliphatic carbocycles. The number of hydrogen-bond donors (Lipinski definition) is 0. The molecular weight excluding hydrogens is 124 g/mol. The molecule has 0 spiro atoms. The fourth-order valence-electron chi connectivity index (χ4n) is 0.594. The molecular formula is C7H16MgO. The summed E-state index contributed by atoms with van der Waals surface area (Å²) in [6.45, 7) is 4.10. The summed E-state index contributed by atoms with van der Waals surface area (Å²) < 4.78 is 0. The molecule has 0 saturated heterocycles. The summed E-state index contributed by atoms with van der Waals surface area (Å²) in [6.07, 6.45) is 4.45. The Hall–Kier alpha value is 0.436. The molecule has 0 saturated carbocycles. The van der Waals surface area contributed by atoms with Crippen LogP contribution in [-0.2, 0) is 4.79 Å². The fraction of sp³-hybridized carbons (Fsp3) is 0.857. The second-order valence-corrected chi connectivity index (χ2v) is 2.26. The van der Waals surface area contributed by atoms with E-state index in [1.807, 2.05) is 6.92 Å². The molecule has 0 aromatic carbocycles. The molecule has 52 valence electrons. The molecule has 1 atom stereocenters. The van der Waals surface area contributed by atoms with E-state index in [1.165, 1.54) is 12.8 Å². The van der Waals surface area contributed by atoms with Crippen molar-refractivity contribution in [1.29, 1.82) is 0 Å². The quantitative estimate of drug-likeness (QED) is 0.430. The standard InChI is InChI=1S/C7H14O.Mg.2H/c1-3-4-5-7(2)6-8;;;/h6-7H,3-5H2,1-2H3;;;/q;+2;2*-1. The summed E-state index contributed by atoms with van der Waals surface area (Å²) in [5.41, 5.74) is 0. The second-order valence-electron chi connectivity index (χ2n) is 2.26. The summed E-state index contributed by atoms with van der Waals surface area (Å²) >= 11 is 0. The number of carbonyl (C=O) groups excluding carboxylic acids is 1. The predicted molar refractivity (Wildman–Crippen MR) is 42.7 cm³/mol. The molecule has 1 nitrogen and oxygen atoms in total. The summed E-state index contributed by atoms with van der Waals surface area (Å²) in [4.78, 5) is 10.0. The Kier molecular flexibility index (Phi) is 11.4. The van der Waals surface area contributed by atoms with Gasteiger partial charge in [0.1, 0.15) is 6.29 Å². The fourth-order valence-corrected chi connectivity index (χ4v) is 0.594. The third-order valence-corrected chi connectivity index (χ3v) is 1.25. The van der Waals surface area contributed by atoms with Crippen molar-refractivity contribution < 1.29 is 7.65 Å². The molecule has 0 aromatic heterocycles. The van der Waals surface area contributed by atoms with Gasteiger partial charge in [0.2, 0.25) is 0 Å². The second kappa shape index (κ2) is 8.44. The number of hydrogen-bond acceptors (Lipinski definition) is 1. The van der Waals surface area contributed by atoms with E-state index in [0.717, 1.165) is 12.7 Å². The Bertz CT molecular complexity index is 71.5. The SMILES string of the molecule is CCCCC(C)C=O.[H-].[H-].[Mg+2]. The maximum atomic E-state index is 10.0. The molecule has 9 heavy (non-hydrogen) atoms. The molecule has 0 aromatic rings. The van der Waals surface area contributed by atoms with Crippen LogP contribution in [0.5, 0.6) is 0 Å². The first-order valence-corrected chi connectivity index (χ1v) is 3.26.